The quantitative estimate of drug-likeness (QED) is 0.702. The third-order valence-electron chi connectivity index (χ3n) is 4.98. The van der Waals surface area contributed by atoms with Crippen LogP contribution < -0.4 is 5.32 Å². The Kier molecular flexibility index (Phi) is 7.97. The van der Waals surface area contributed by atoms with Crippen LogP contribution in [-0.4, -0.2) is 48.7 Å². The largest absolute Gasteiger partial charge is 0.469 e. The number of carbonyl (C=O) groups is 2. The van der Waals surface area contributed by atoms with Gasteiger partial charge in [0.15, 0.2) is 0 Å². The average Bonchev–Trinajstić information content (AvgIpc) is 2.68. The first-order valence-corrected chi connectivity index (χ1v) is 10.3. The Labute approximate surface area is 160 Å². The molecule has 0 spiro atoms. The normalized spacial score (nSPS) is 25.5. The summed E-state index contributed by atoms with van der Waals surface area (Å²) in [6.07, 6.45) is 1.77. The van der Waals surface area contributed by atoms with E-state index in [-0.39, 0.29) is 30.3 Å². The lowest BCUT2D eigenvalue weighted by Gasteiger charge is -2.46. The standard InChI is InChI=1S/C20H29NO4S/c1-4-16-11-17(12-18(22)24-3)25-13-20(16,14-26-5-2)21-19(23)15-9-7-6-8-10-15/h6-10,16-17H,4-5,11-14H2,1-3H3,(H,21,23)/t16-,17+,20+/m1/s1. The summed E-state index contributed by atoms with van der Waals surface area (Å²) in [6, 6.07) is 9.27. The number of methoxy groups -OCH3 is 1. The molecule has 1 aliphatic heterocycles. The number of carbonyl (C=O) groups excluding carboxylic acids is 2. The minimum atomic E-state index is -0.422. The first-order valence-electron chi connectivity index (χ1n) is 9.18. The smallest absolute Gasteiger partial charge is 0.308 e. The predicted octanol–water partition coefficient (Wildman–Crippen LogP) is 3.29. The van der Waals surface area contributed by atoms with Crippen molar-refractivity contribution in [1.82, 2.24) is 5.32 Å². The molecule has 144 valence electrons. The average molecular weight is 380 g/mol. The first kappa shape index (κ1) is 20.8. The summed E-state index contributed by atoms with van der Waals surface area (Å²) in [6.45, 7) is 4.66. The molecule has 26 heavy (non-hydrogen) atoms. The SMILES string of the molecule is CCSC[C@@]1(NC(=O)c2ccccc2)CO[C@H](CC(=O)OC)C[C@H]1CC. The van der Waals surface area contributed by atoms with Crippen molar-refractivity contribution < 1.29 is 19.1 Å². The van der Waals surface area contributed by atoms with E-state index in [1.165, 1.54) is 7.11 Å². The Morgan fingerprint density at radius 2 is 2.04 bits per heavy atom. The van der Waals surface area contributed by atoms with Gasteiger partial charge in [-0.3, -0.25) is 9.59 Å². The van der Waals surface area contributed by atoms with Crippen LogP contribution in [0.25, 0.3) is 0 Å². The van der Waals surface area contributed by atoms with E-state index in [1.807, 2.05) is 30.3 Å². The van der Waals surface area contributed by atoms with E-state index in [4.69, 9.17) is 9.47 Å². The Morgan fingerprint density at radius 1 is 1.31 bits per heavy atom. The molecule has 0 unspecified atom stereocenters. The van der Waals surface area contributed by atoms with Gasteiger partial charge in [0.1, 0.15) is 0 Å². The number of ether oxygens (including phenoxy) is 2. The molecule has 1 saturated heterocycles. The van der Waals surface area contributed by atoms with Gasteiger partial charge in [-0.15, -0.1) is 0 Å². The van der Waals surface area contributed by atoms with Crippen molar-refractivity contribution >= 4 is 23.6 Å². The highest BCUT2D eigenvalue weighted by atomic mass is 32.2. The summed E-state index contributed by atoms with van der Waals surface area (Å²) in [4.78, 5) is 24.4. The minimum absolute atomic E-state index is 0.0734. The molecule has 3 atom stereocenters. The van der Waals surface area contributed by atoms with Crippen molar-refractivity contribution in [1.29, 1.82) is 0 Å². The number of thioether (sulfide) groups is 1. The summed E-state index contributed by atoms with van der Waals surface area (Å²) >= 11 is 1.80. The first-order chi connectivity index (χ1) is 12.5. The maximum atomic E-state index is 12.8. The van der Waals surface area contributed by atoms with Gasteiger partial charge >= 0.3 is 5.97 Å². The molecule has 0 saturated carbocycles. The Bertz CT molecular complexity index is 595. The third-order valence-corrected chi connectivity index (χ3v) is 6.11. The molecule has 0 aromatic heterocycles. The van der Waals surface area contributed by atoms with Crippen LogP contribution in [0.5, 0.6) is 0 Å². The molecule has 1 N–H and O–H groups in total. The van der Waals surface area contributed by atoms with E-state index in [2.05, 4.69) is 19.2 Å². The maximum absolute atomic E-state index is 12.8. The Hall–Kier alpha value is -1.53. The molecule has 0 radical (unpaired) electrons. The van der Waals surface area contributed by atoms with Gasteiger partial charge in [-0.25, -0.2) is 0 Å². The van der Waals surface area contributed by atoms with Crippen LogP contribution in [0, 0.1) is 5.92 Å². The lowest BCUT2D eigenvalue weighted by atomic mass is 9.77. The summed E-state index contributed by atoms with van der Waals surface area (Å²) in [5.41, 5.74) is 0.231. The third kappa shape index (κ3) is 5.24. The Morgan fingerprint density at radius 3 is 2.65 bits per heavy atom. The molecule has 1 heterocycles. The zero-order chi connectivity index (χ0) is 19.0. The van der Waals surface area contributed by atoms with Gasteiger partial charge in [-0.1, -0.05) is 38.5 Å². The van der Waals surface area contributed by atoms with Gasteiger partial charge in [-0.05, 0) is 30.2 Å². The van der Waals surface area contributed by atoms with Crippen molar-refractivity contribution in [2.75, 3.05) is 25.2 Å². The molecule has 5 nitrogen and oxygen atoms in total. The van der Waals surface area contributed by atoms with Crippen molar-refractivity contribution in [2.24, 2.45) is 5.92 Å². The molecule has 0 bridgehead atoms. The second-order valence-corrected chi connectivity index (χ2v) is 7.94. The number of nitrogens with one attached hydrogen (secondary N) is 1. The predicted molar refractivity (Wildman–Crippen MR) is 104 cm³/mol. The second kappa shape index (κ2) is 9.97. The lowest BCUT2D eigenvalue weighted by molar-refractivity contribution is -0.147. The molecule has 1 fully saturated rings. The van der Waals surface area contributed by atoms with E-state index < -0.39 is 5.54 Å². The van der Waals surface area contributed by atoms with Crippen molar-refractivity contribution in [3.63, 3.8) is 0 Å². The maximum Gasteiger partial charge on any atom is 0.308 e. The monoisotopic (exact) mass is 379 g/mol. The van der Waals surface area contributed by atoms with Crippen LogP contribution >= 0.6 is 11.8 Å². The minimum Gasteiger partial charge on any atom is -0.469 e. The molecule has 1 aromatic carbocycles. The van der Waals surface area contributed by atoms with Crippen molar-refractivity contribution in [3.8, 4) is 0 Å². The summed E-state index contributed by atoms with van der Waals surface area (Å²) in [7, 11) is 1.39. The zero-order valence-electron chi connectivity index (χ0n) is 15.8. The highest BCUT2D eigenvalue weighted by Crippen LogP contribution is 2.36. The topological polar surface area (TPSA) is 64.6 Å². The van der Waals surface area contributed by atoms with Gasteiger partial charge in [-0.2, -0.15) is 11.8 Å². The van der Waals surface area contributed by atoms with Crippen LogP contribution in [-0.2, 0) is 14.3 Å². The molecule has 6 heteroatoms. The van der Waals surface area contributed by atoms with Gasteiger partial charge < -0.3 is 14.8 Å². The van der Waals surface area contributed by atoms with Gasteiger partial charge in [0, 0.05) is 11.3 Å². The van der Waals surface area contributed by atoms with Crippen LogP contribution in [0.1, 0.15) is 43.5 Å². The number of hydrogen-bond acceptors (Lipinski definition) is 5. The van der Waals surface area contributed by atoms with Gasteiger partial charge in [0.25, 0.3) is 5.91 Å². The van der Waals surface area contributed by atoms with Crippen molar-refractivity contribution in [3.05, 3.63) is 35.9 Å². The molecule has 1 aromatic rings. The van der Waals surface area contributed by atoms with E-state index in [0.717, 1.165) is 24.3 Å². The fraction of sp³-hybridized carbons (Fsp3) is 0.600. The van der Waals surface area contributed by atoms with Gasteiger partial charge in [0.05, 0.1) is 31.8 Å². The van der Waals surface area contributed by atoms with Crippen LogP contribution in [0.2, 0.25) is 0 Å². The summed E-state index contributed by atoms with van der Waals surface area (Å²) in [5, 5.41) is 3.27. The Balaban J connectivity index is 2.16. The number of benzene rings is 1. The highest BCUT2D eigenvalue weighted by Gasteiger charge is 2.45. The number of amides is 1. The van der Waals surface area contributed by atoms with E-state index >= 15 is 0 Å². The number of hydrogen-bond donors (Lipinski definition) is 1. The zero-order valence-corrected chi connectivity index (χ0v) is 16.6. The van der Waals surface area contributed by atoms with E-state index in [0.29, 0.717) is 12.2 Å². The summed E-state index contributed by atoms with van der Waals surface area (Å²) in [5.74, 6) is 1.69. The molecule has 1 aliphatic rings. The summed E-state index contributed by atoms with van der Waals surface area (Å²) < 4.78 is 10.8. The lowest BCUT2D eigenvalue weighted by Crippen LogP contribution is -2.62. The molecular formula is C20H29NO4S. The molecule has 2 rings (SSSR count). The number of esters is 1. The van der Waals surface area contributed by atoms with E-state index in [1.54, 1.807) is 11.8 Å². The van der Waals surface area contributed by atoms with Crippen LogP contribution in [0.4, 0.5) is 0 Å². The van der Waals surface area contributed by atoms with E-state index in [9.17, 15) is 9.59 Å². The second-order valence-electron chi connectivity index (χ2n) is 6.67. The van der Waals surface area contributed by atoms with Crippen LogP contribution in [0.3, 0.4) is 0 Å². The van der Waals surface area contributed by atoms with Gasteiger partial charge in [0.2, 0.25) is 0 Å². The number of rotatable bonds is 8. The highest BCUT2D eigenvalue weighted by molar-refractivity contribution is 7.99. The van der Waals surface area contributed by atoms with Crippen molar-refractivity contribution in [2.45, 2.75) is 44.8 Å². The fourth-order valence-electron chi connectivity index (χ4n) is 3.47. The fourth-order valence-corrected chi connectivity index (χ4v) is 4.43. The molecule has 1 amide bonds. The van der Waals surface area contributed by atoms with Crippen LogP contribution in [0.15, 0.2) is 30.3 Å². The molecule has 0 aliphatic carbocycles. The molecular weight excluding hydrogens is 350 g/mol.